The van der Waals surface area contributed by atoms with Crippen LogP contribution < -0.4 is 11.1 Å². The molecule has 0 heterocycles. The highest BCUT2D eigenvalue weighted by Gasteiger charge is 2.13. The van der Waals surface area contributed by atoms with Crippen molar-refractivity contribution in [3.05, 3.63) is 34.9 Å². The molecule has 1 aromatic rings. The fourth-order valence-corrected chi connectivity index (χ4v) is 2.96. The average molecular weight is 301 g/mol. The molecular weight excluding hydrogens is 280 g/mol. The van der Waals surface area contributed by atoms with E-state index in [2.05, 4.69) is 12.2 Å². The third kappa shape index (κ3) is 6.32. The lowest BCUT2D eigenvalue weighted by atomic mass is 10.2. The van der Waals surface area contributed by atoms with Gasteiger partial charge >= 0.3 is 0 Å². The maximum absolute atomic E-state index is 11.3. The molecule has 0 saturated carbocycles. The molecule has 19 heavy (non-hydrogen) atoms. The summed E-state index contributed by atoms with van der Waals surface area (Å²) in [6.45, 7) is 2.89. The summed E-state index contributed by atoms with van der Waals surface area (Å²) in [6.07, 6.45) is 1.75. The quantitative estimate of drug-likeness (QED) is 0.690. The second-order valence-corrected chi connectivity index (χ2v) is 5.85. The Morgan fingerprint density at radius 3 is 2.84 bits per heavy atom. The van der Waals surface area contributed by atoms with Crippen molar-refractivity contribution in [2.75, 3.05) is 12.3 Å². The summed E-state index contributed by atoms with van der Waals surface area (Å²) in [5, 5.41) is 3.96. The summed E-state index contributed by atoms with van der Waals surface area (Å²) >= 11 is 7.85. The molecule has 0 aliphatic carbocycles. The van der Waals surface area contributed by atoms with Gasteiger partial charge in [-0.25, -0.2) is 0 Å². The summed E-state index contributed by atoms with van der Waals surface area (Å²) in [5.41, 5.74) is 6.49. The highest BCUT2D eigenvalue weighted by Crippen LogP contribution is 2.21. The van der Waals surface area contributed by atoms with E-state index in [-0.39, 0.29) is 11.9 Å². The van der Waals surface area contributed by atoms with Gasteiger partial charge in [0.25, 0.3) is 0 Å². The van der Waals surface area contributed by atoms with Crippen LogP contribution in [0.5, 0.6) is 0 Å². The van der Waals surface area contributed by atoms with Crippen LogP contribution in [0, 0.1) is 0 Å². The number of amides is 1. The number of hydrogen-bond acceptors (Lipinski definition) is 3. The maximum Gasteiger partial charge on any atom is 0.234 e. The molecule has 0 spiro atoms. The van der Waals surface area contributed by atoms with E-state index in [4.69, 9.17) is 17.3 Å². The molecule has 0 aliphatic rings. The summed E-state index contributed by atoms with van der Waals surface area (Å²) < 4.78 is 0. The van der Waals surface area contributed by atoms with Crippen LogP contribution in [0.25, 0.3) is 0 Å². The number of benzene rings is 1. The van der Waals surface area contributed by atoms with Crippen molar-refractivity contribution in [3.63, 3.8) is 0 Å². The molecule has 3 nitrogen and oxygen atoms in total. The second-order valence-electron chi connectivity index (χ2n) is 4.34. The zero-order valence-electron chi connectivity index (χ0n) is 11.2. The van der Waals surface area contributed by atoms with Gasteiger partial charge in [0, 0.05) is 10.8 Å². The first-order valence-corrected chi connectivity index (χ1v) is 8.02. The van der Waals surface area contributed by atoms with Crippen molar-refractivity contribution in [2.24, 2.45) is 5.73 Å². The van der Waals surface area contributed by atoms with Crippen molar-refractivity contribution in [1.82, 2.24) is 5.32 Å². The van der Waals surface area contributed by atoms with Crippen LogP contribution >= 0.6 is 23.4 Å². The Morgan fingerprint density at radius 2 is 2.21 bits per heavy atom. The highest BCUT2D eigenvalue weighted by atomic mass is 35.5. The van der Waals surface area contributed by atoms with E-state index in [9.17, 15) is 4.79 Å². The fourth-order valence-electron chi connectivity index (χ4n) is 1.66. The standard InChI is InChI=1S/C14H21ClN2OS/c1-2-8-17-13(14(16)18)7-9-19-10-11-5-3-4-6-12(11)15/h3-6,13,17H,2,7-10H2,1H3,(H2,16,18). The average Bonchev–Trinajstić information content (AvgIpc) is 2.39. The Hall–Kier alpha value is -0.710. The first-order chi connectivity index (χ1) is 9.15. The molecule has 0 aromatic heterocycles. The number of primary amides is 1. The molecule has 1 atom stereocenters. The van der Waals surface area contributed by atoms with Gasteiger partial charge in [-0.2, -0.15) is 11.8 Å². The SMILES string of the molecule is CCCNC(CCSCc1ccccc1Cl)C(N)=O. The minimum atomic E-state index is -0.271. The normalized spacial score (nSPS) is 12.3. The van der Waals surface area contributed by atoms with Gasteiger partial charge < -0.3 is 11.1 Å². The predicted octanol–water partition coefficient (Wildman–Crippen LogP) is 2.82. The molecule has 0 bridgehead atoms. The Kier molecular flexibility index (Phi) is 7.94. The minimum Gasteiger partial charge on any atom is -0.368 e. The molecule has 5 heteroatoms. The van der Waals surface area contributed by atoms with Crippen LogP contribution in [-0.2, 0) is 10.5 Å². The van der Waals surface area contributed by atoms with Crippen LogP contribution in [0.4, 0.5) is 0 Å². The van der Waals surface area contributed by atoms with E-state index >= 15 is 0 Å². The molecule has 0 radical (unpaired) electrons. The molecule has 106 valence electrons. The molecule has 1 rings (SSSR count). The molecule has 0 saturated heterocycles. The Labute approximate surface area is 124 Å². The van der Waals surface area contributed by atoms with Gasteiger partial charge in [-0.15, -0.1) is 0 Å². The minimum absolute atomic E-state index is 0.223. The predicted molar refractivity (Wildman–Crippen MR) is 83.5 cm³/mol. The van der Waals surface area contributed by atoms with E-state index < -0.39 is 0 Å². The van der Waals surface area contributed by atoms with E-state index in [1.54, 1.807) is 11.8 Å². The first-order valence-electron chi connectivity index (χ1n) is 6.49. The number of carbonyl (C=O) groups excluding carboxylic acids is 1. The van der Waals surface area contributed by atoms with E-state index in [1.165, 1.54) is 0 Å². The van der Waals surface area contributed by atoms with Gasteiger partial charge in [-0.1, -0.05) is 36.7 Å². The Balaban J connectivity index is 2.29. The van der Waals surface area contributed by atoms with Crippen LogP contribution in [0.1, 0.15) is 25.3 Å². The van der Waals surface area contributed by atoms with Gasteiger partial charge in [0.05, 0.1) is 6.04 Å². The third-order valence-electron chi connectivity index (χ3n) is 2.75. The van der Waals surface area contributed by atoms with Crippen molar-refractivity contribution < 1.29 is 4.79 Å². The van der Waals surface area contributed by atoms with Gasteiger partial charge in [0.15, 0.2) is 0 Å². The topological polar surface area (TPSA) is 55.1 Å². The lowest BCUT2D eigenvalue weighted by Gasteiger charge is -2.14. The van der Waals surface area contributed by atoms with Crippen LogP contribution in [0.2, 0.25) is 5.02 Å². The lowest BCUT2D eigenvalue weighted by molar-refractivity contribution is -0.120. The maximum atomic E-state index is 11.3. The molecule has 1 amide bonds. The number of nitrogens with two attached hydrogens (primary N) is 1. The van der Waals surface area contributed by atoms with Crippen LogP contribution in [0.3, 0.4) is 0 Å². The van der Waals surface area contributed by atoms with Crippen LogP contribution in [0.15, 0.2) is 24.3 Å². The number of hydrogen-bond donors (Lipinski definition) is 2. The monoisotopic (exact) mass is 300 g/mol. The van der Waals surface area contributed by atoms with E-state index in [0.717, 1.165) is 41.5 Å². The number of rotatable bonds is 9. The summed E-state index contributed by atoms with van der Waals surface area (Å²) in [7, 11) is 0. The van der Waals surface area contributed by atoms with Gasteiger partial charge in [-0.05, 0) is 36.8 Å². The summed E-state index contributed by atoms with van der Waals surface area (Å²) in [5.74, 6) is 1.47. The third-order valence-corrected chi connectivity index (χ3v) is 4.16. The van der Waals surface area contributed by atoms with Crippen molar-refractivity contribution >= 4 is 29.3 Å². The van der Waals surface area contributed by atoms with Gasteiger partial charge in [-0.3, -0.25) is 4.79 Å². The summed E-state index contributed by atoms with van der Waals surface area (Å²) in [6, 6.07) is 7.60. The molecule has 1 unspecified atom stereocenters. The van der Waals surface area contributed by atoms with Crippen molar-refractivity contribution in [2.45, 2.75) is 31.6 Å². The van der Waals surface area contributed by atoms with Gasteiger partial charge in [0.2, 0.25) is 5.91 Å². The molecule has 0 aliphatic heterocycles. The number of carbonyl (C=O) groups is 1. The van der Waals surface area contributed by atoms with E-state index in [1.807, 2.05) is 24.3 Å². The largest absolute Gasteiger partial charge is 0.368 e. The molecule has 0 fully saturated rings. The molecular formula is C14H21ClN2OS. The summed E-state index contributed by atoms with van der Waals surface area (Å²) in [4.78, 5) is 11.3. The lowest BCUT2D eigenvalue weighted by Crippen LogP contribution is -2.41. The second kappa shape index (κ2) is 9.23. The smallest absolute Gasteiger partial charge is 0.234 e. The highest BCUT2D eigenvalue weighted by molar-refractivity contribution is 7.98. The molecule has 1 aromatic carbocycles. The Bertz CT molecular complexity index is 401. The van der Waals surface area contributed by atoms with E-state index in [0.29, 0.717) is 0 Å². The van der Waals surface area contributed by atoms with Crippen molar-refractivity contribution in [1.29, 1.82) is 0 Å². The number of halogens is 1. The number of nitrogens with one attached hydrogen (secondary N) is 1. The Morgan fingerprint density at radius 1 is 1.47 bits per heavy atom. The molecule has 3 N–H and O–H groups in total. The first kappa shape index (κ1) is 16.3. The zero-order valence-corrected chi connectivity index (χ0v) is 12.8. The zero-order chi connectivity index (χ0) is 14.1. The number of thioether (sulfide) groups is 1. The van der Waals surface area contributed by atoms with Crippen LogP contribution in [-0.4, -0.2) is 24.2 Å². The van der Waals surface area contributed by atoms with Crippen molar-refractivity contribution in [3.8, 4) is 0 Å². The van der Waals surface area contributed by atoms with Gasteiger partial charge in [0.1, 0.15) is 0 Å². The fraction of sp³-hybridized carbons (Fsp3) is 0.500.